The van der Waals surface area contributed by atoms with Crippen LogP contribution in [-0.4, -0.2) is 48.8 Å². The number of carboxylic acid groups (broad SMARTS) is 1. The molecule has 102 valence electrons. The van der Waals surface area contributed by atoms with E-state index in [1.165, 1.54) is 0 Å². The molecule has 2 heterocycles. The standard InChI is InChI=1S/C12H20N2O4/c1-12(4-5-13-7-12)11(17)14-6-8-2-3-9(18-8)10(15)16/h8-9,13H,2-7H2,1H3,(H,14,17)(H,15,16). The van der Waals surface area contributed by atoms with Gasteiger partial charge >= 0.3 is 5.97 Å². The summed E-state index contributed by atoms with van der Waals surface area (Å²) in [4.78, 5) is 22.7. The zero-order valence-electron chi connectivity index (χ0n) is 10.6. The summed E-state index contributed by atoms with van der Waals surface area (Å²) in [6.07, 6.45) is 1.16. The summed E-state index contributed by atoms with van der Waals surface area (Å²) in [6.45, 7) is 3.91. The number of hydrogen-bond donors (Lipinski definition) is 3. The summed E-state index contributed by atoms with van der Waals surface area (Å²) in [6, 6.07) is 0. The lowest BCUT2D eigenvalue weighted by Crippen LogP contribution is -2.43. The van der Waals surface area contributed by atoms with Crippen molar-refractivity contribution in [2.24, 2.45) is 5.41 Å². The normalized spacial score (nSPS) is 35.6. The van der Waals surface area contributed by atoms with Crippen molar-refractivity contribution >= 4 is 11.9 Å². The SMILES string of the molecule is CC1(C(=O)NCC2CCC(C(=O)O)O2)CCNC1. The van der Waals surface area contributed by atoms with Crippen LogP contribution in [-0.2, 0) is 14.3 Å². The Morgan fingerprint density at radius 1 is 1.50 bits per heavy atom. The summed E-state index contributed by atoms with van der Waals surface area (Å²) in [7, 11) is 0. The Hall–Kier alpha value is -1.14. The molecule has 0 aromatic rings. The second-order valence-corrected chi connectivity index (χ2v) is 5.36. The van der Waals surface area contributed by atoms with E-state index in [1.807, 2.05) is 6.92 Å². The van der Waals surface area contributed by atoms with Crippen LogP contribution in [0.2, 0.25) is 0 Å². The molecular formula is C12H20N2O4. The van der Waals surface area contributed by atoms with Gasteiger partial charge in [0, 0.05) is 13.1 Å². The molecule has 0 bridgehead atoms. The fraction of sp³-hybridized carbons (Fsp3) is 0.833. The Morgan fingerprint density at radius 3 is 2.83 bits per heavy atom. The average Bonchev–Trinajstić information content (AvgIpc) is 2.95. The lowest BCUT2D eigenvalue weighted by molar-refractivity contribution is -0.149. The van der Waals surface area contributed by atoms with Crippen molar-refractivity contribution in [2.75, 3.05) is 19.6 Å². The molecule has 3 atom stereocenters. The van der Waals surface area contributed by atoms with Gasteiger partial charge in [0.2, 0.25) is 5.91 Å². The molecule has 0 saturated carbocycles. The molecule has 0 radical (unpaired) electrons. The first kappa shape index (κ1) is 13.3. The van der Waals surface area contributed by atoms with Gasteiger partial charge in [-0.15, -0.1) is 0 Å². The maximum absolute atomic E-state index is 12.0. The molecule has 2 saturated heterocycles. The van der Waals surface area contributed by atoms with Crippen molar-refractivity contribution in [2.45, 2.75) is 38.4 Å². The maximum atomic E-state index is 12.0. The highest BCUT2D eigenvalue weighted by Crippen LogP contribution is 2.25. The van der Waals surface area contributed by atoms with E-state index in [0.29, 0.717) is 25.9 Å². The van der Waals surface area contributed by atoms with E-state index >= 15 is 0 Å². The van der Waals surface area contributed by atoms with E-state index in [2.05, 4.69) is 10.6 Å². The van der Waals surface area contributed by atoms with Crippen molar-refractivity contribution < 1.29 is 19.4 Å². The molecule has 0 aromatic carbocycles. The van der Waals surface area contributed by atoms with E-state index < -0.39 is 12.1 Å². The van der Waals surface area contributed by atoms with E-state index in [0.717, 1.165) is 13.0 Å². The van der Waals surface area contributed by atoms with Gasteiger partial charge in [-0.25, -0.2) is 4.79 Å². The second kappa shape index (κ2) is 5.24. The van der Waals surface area contributed by atoms with Gasteiger partial charge in [0.1, 0.15) is 0 Å². The molecule has 2 aliphatic rings. The molecule has 3 unspecified atom stereocenters. The van der Waals surface area contributed by atoms with E-state index in [9.17, 15) is 9.59 Å². The Morgan fingerprint density at radius 2 is 2.28 bits per heavy atom. The highest BCUT2D eigenvalue weighted by Gasteiger charge is 2.37. The van der Waals surface area contributed by atoms with Gasteiger partial charge in [-0.1, -0.05) is 0 Å². The minimum absolute atomic E-state index is 0.0230. The van der Waals surface area contributed by atoms with E-state index in [1.54, 1.807) is 0 Å². The summed E-state index contributed by atoms with van der Waals surface area (Å²) in [5.41, 5.74) is -0.342. The minimum atomic E-state index is -0.921. The van der Waals surface area contributed by atoms with Gasteiger partial charge in [0.15, 0.2) is 6.10 Å². The quantitative estimate of drug-likeness (QED) is 0.644. The van der Waals surface area contributed by atoms with Crippen LogP contribution in [0.4, 0.5) is 0 Å². The average molecular weight is 256 g/mol. The van der Waals surface area contributed by atoms with Gasteiger partial charge < -0.3 is 20.5 Å². The molecule has 1 amide bonds. The zero-order valence-corrected chi connectivity index (χ0v) is 10.6. The van der Waals surface area contributed by atoms with Crippen molar-refractivity contribution in [3.8, 4) is 0 Å². The van der Waals surface area contributed by atoms with E-state index in [4.69, 9.17) is 9.84 Å². The molecule has 0 aromatic heterocycles. The predicted molar refractivity (Wildman–Crippen MR) is 64.1 cm³/mol. The van der Waals surface area contributed by atoms with Crippen LogP contribution in [0.25, 0.3) is 0 Å². The van der Waals surface area contributed by atoms with E-state index in [-0.39, 0.29) is 17.4 Å². The number of aliphatic carboxylic acids is 1. The molecule has 0 spiro atoms. The number of nitrogens with one attached hydrogen (secondary N) is 2. The second-order valence-electron chi connectivity index (χ2n) is 5.36. The highest BCUT2D eigenvalue weighted by molar-refractivity contribution is 5.82. The van der Waals surface area contributed by atoms with Crippen molar-refractivity contribution in [1.29, 1.82) is 0 Å². The van der Waals surface area contributed by atoms with Crippen LogP contribution in [0, 0.1) is 5.41 Å². The fourth-order valence-electron chi connectivity index (χ4n) is 2.47. The number of hydrogen-bond acceptors (Lipinski definition) is 4. The molecule has 18 heavy (non-hydrogen) atoms. The molecular weight excluding hydrogens is 236 g/mol. The van der Waals surface area contributed by atoms with Crippen LogP contribution in [0.3, 0.4) is 0 Å². The molecule has 2 rings (SSSR count). The van der Waals surface area contributed by atoms with Gasteiger partial charge in [-0.05, 0) is 32.7 Å². The van der Waals surface area contributed by atoms with Crippen molar-refractivity contribution in [1.82, 2.24) is 10.6 Å². The third kappa shape index (κ3) is 2.81. The van der Waals surface area contributed by atoms with Crippen LogP contribution >= 0.6 is 0 Å². The van der Waals surface area contributed by atoms with Crippen LogP contribution in [0.1, 0.15) is 26.2 Å². The van der Waals surface area contributed by atoms with Crippen LogP contribution in [0.5, 0.6) is 0 Å². The summed E-state index contributed by atoms with van der Waals surface area (Å²) < 4.78 is 5.34. The summed E-state index contributed by atoms with van der Waals surface area (Å²) >= 11 is 0. The largest absolute Gasteiger partial charge is 0.479 e. The smallest absolute Gasteiger partial charge is 0.332 e. The third-order valence-corrected chi connectivity index (χ3v) is 3.79. The Kier molecular flexibility index (Phi) is 3.87. The first-order valence-corrected chi connectivity index (χ1v) is 6.38. The van der Waals surface area contributed by atoms with Crippen molar-refractivity contribution in [3.05, 3.63) is 0 Å². The summed E-state index contributed by atoms with van der Waals surface area (Å²) in [5.74, 6) is -0.898. The molecule has 6 heteroatoms. The number of carbonyl (C=O) groups excluding carboxylic acids is 1. The summed E-state index contributed by atoms with van der Waals surface area (Å²) in [5, 5.41) is 14.8. The lowest BCUT2D eigenvalue weighted by atomic mass is 9.89. The first-order valence-electron chi connectivity index (χ1n) is 6.38. The third-order valence-electron chi connectivity index (χ3n) is 3.79. The zero-order chi connectivity index (χ0) is 13.2. The molecule has 2 aliphatic heterocycles. The number of ether oxygens (including phenoxy) is 1. The van der Waals surface area contributed by atoms with Crippen molar-refractivity contribution in [3.63, 3.8) is 0 Å². The Bertz CT molecular complexity index is 339. The monoisotopic (exact) mass is 256 g/mol. The highest BCUT2D eigenvalue weighted by atomic mass is 16.5. The van der Waals surface area contributed by atoms with Gasteiger partial charge in [-0.3, -0.25) is 4.79 Å². The molecule has 3 N–H and O–H groups in total. The number of amides is 1. The molecule has 0 aliphatic carbocycles. The Balaban J connectivity index is 1.75. The minimum Gasteiger partial charge on any atom is -0.479 e. The van der Waals surface area contributed by atoms with Gasteiger partial charge in [-0.2, -0.15) is 0 Å². The number of rotatable bonds is 4. The first-order chi connectivity index (χ1) is 8.51. The number of carbonyl (C=O) groups is 2. The fourth-order valence-corrected chi connectivity index (χ4v) is 2.47. The molecule has 6 nitrogen and oxygen atoms in total. The van der Waals surface area contributed by atoms with Crippen LogP contribution < -0.4 is 10.6 Å². The van der Waals surface area contributed by atoms with Gasteiger partial charge in [0.25, 0.3) is 0 Å². The Labute approximate surface area is 106 Å². The topological polar surface area (TPSA) is 87.7 Å². The number of carboxylic acids is 1. The predicted octanol–water partition coefficient (Wildman–Crippen LogP) is -0.266. The van der Waals surface area contributed by atoms with Crippen LogP contribution in [0.15, 0.2) is 0 Å². The maximum Gasteiger partial charge on any atom is 0.332 e. The lowest BCUT2D eigenvalue weighted by Gasteiger charge is -2.22. The van der Waals surface area contributed by atoms with Gasteiger partial charge in [0.05, 0.1) is 11.5 Å². The molecule has 2 fully saturated rings.